The second-order valence-electron chi connectivity index (χ2n) is 2.79. The van der Waals surface area contributed by atoms with Crippen LogP contribution in [0.15, 0.2) is 30.9 Å². The summed E-state index contributed by atoms with van der Waals surface area (Å²) in [7, 11) is 0. The second-order valence-corrected chi connectivity index (χ2v) is 2.79. The summed E-state index contributed by atoms with van der Waals surface area (Å²) >= 11 is 0. The van der Waals surface area contributed by atoms with Gasteiger partial charge in [-0.05, 0) is 13.0 Å². The third-order valence-electron chi connectivity index (χ3n) is 1.76. The highest BCUT2D eigenvalue weighted by molar-refractivity contribution is 5.28. The molecule has 12 heavy (non-hydrogen) atoms. The third-order valence-corrected chi connectivity index (χ3v) is 1.76. The van der Waals surface area contributed by atoms with Crippen molar-refractivity contribution in [3.63, 3.8) is 0 Å². The van der Waals surface area contributed by atoms with Crippen LogP contribution in [0.4, 0.5) is 4.39 Å². The summed E-state index contributed by atoms with van der Waals surface area (Å²) in [5.74, 6) is -0.270. The number of rotatable bonds is 2. The predicted molar refractivity (Wildman–Crippen MR) is 48.3 cm³/mol. The Hall–Kier alpha value is -1.15. The topological polar surface area (TPSA) is 26.0 Å². The number of aryl methyl sites for hydroxylation is 1. The average Bonchev–Trinajstić information content (AvgIpc) is 2.08. The van der Waals surface area contributed by atoms with E-state index >= 15 is 0 Å². The van der Waals surface area contributed by atoms with Gasteiger partial charge in [0, 0.05) is 5.56 Å². The Balaban J connectivity index is 3.12. The van der Waals surface area contributed by atoms with Crippen molar-refractivity contribution < 1.29 is 4.39 Å². The van der Waals surface area contributed by atoms with E-state index in [2.05, 4.69) is 6.58 Å². The van der Waals surface area contributed by atoms with Gasteiger partial charge in [-0.25, -0.2) is 4.39 Å². The first-order valence-electron chi connectivity index (χ1n) is 3.79. The lowest BCUT2D eigenvalue weighted by Gasteiger charge is -2.08. The number of benzene rings is 1. The van der Waals surface area contributed by atoms with Gasteiger partial charge in [-0.3, -0.25) is 0 Å². The molecule has 0 saturated heterocycles. The van der Waals surface area contributed by atoms with Crippen LogP contribution in [0.25, 0.3) is 0 Å². The summed E-state index contributed by atoms with van der Waals surface area (Å²) in [6.07, 6.45) is 1.53. The van der Waals surface area contributed by atoms with Crippen molar-refractivity contribution in [2.24, 2.45) is 5.73 Å². The molecule has 0 amide bonds. The van der Waals surface area contributed by atoms with Gasteiger partial charge < -0.3 is 5.73 Å². The van der Waals surface area contributed by atoms with E-state index in [1.165, 1.54) is 12.1 Å². The van der Waals surface area contributed by atoms with Crippen molar-refractivity contribution in [3.05, 3.63) is 47.8 Å². The lowest BCUT2D eigenvalue weighted by atomic mass is 10.0. The fraction of sp³-hybridized carbons (Fsp3) is 0.200. The predicted octanol–water partition coefficient (Wildman–Crippen LogP) is 2.32. The van der Waals surface area contributed by atoms with E-state index in [4.69, 9.17) is 5.73 Å². The average molecular weight is 165 g/mol. The molecule has 0 spiro atoms. The zero-order valence-electron chi connectivity index (χ0n) is 7.05. The molecule has 0 fully saturated rings. The third kappa shape index (κ3) is 1.71. The fourth-order valence-electron chi connectivity index (χ4n) is 1.05. The first kappa shape index (κ1) is 8.94. The maximum Gasteiger partial charge on any atom is 0.128 e. The Bertz CT molecular complexity index is 294. The first-order chi connectivity index (χ1) is 5.65. The Morgan fingerprint density at radius 3 is 2.83 bits per heavy atom. The van der Waals surface area contributed by atoms with Crippen molar-refractivity contribution in [2.75, 3.05) is 0 Å². The van der Waals surface area contributed by atoms with Crippen LogP contribution in [0.2, 0.25) is 0 Å². The van der Waals surface area contributed by atoms with Gasteiger partial charge >= 0.3 is 0 Å². The number of hydrogen-bond acceptors (Lipinski definition) is 1. The maximum absolute atomic E-state index is 13.1. The SMILES string of the molecule is C=CC(N)c1cc(C)ccc1F. The lowest BCUT2D eigenvalue weighted by Crippen LogP contribution is -2.08. The van der Waals surface area contributed by atoms with Crippen molar-refractivity contribution >= 4 is 0 Å². The summed E-state index contributed by atoms with van der Waals surface area (Å²) in [6, 6.07) is 4.47. The van der Waals surface area contributed by atoms with Gasteiger partial charge in [0.05, 0.1) is 6.04 Å². The van der Waals surface area contributed by atoms with Gasteiger partial charge in [0.1, 0.15) is 5.82 Å². The molecule has 0 heterocycles. The molecule has 0 saturated carbocycles. The van der Waals surface area contributed by atoms with Gasteiger partial charge in [0.2, 0.25) is 0 Å². The van der Waals surface area contributed by atoms with E-state index in [1.54, 1.807) is 12.1 Å². The molecule has 0 aliphatic rings. The van der Waals surface area contributed by atoms with Crippen molar-refractivity contribution in [2.45, 2.75) is 13.0 Å². The molecule has 1 atom stereocenters. The molecular weight excluding hydrogens is 153 g/mol. The molecule has 2 heteroatoms. The standard InChI is InChI=1S/C10H12FN/c1-3-10(12)8-6-7(2)4-5-9(8)11/h3-6,10H,1,12H2,2H3. The van der Waals surface area contributed by atoms with E-state index in [1.807, 2.05) is 6.92 Å². The van der Waals surface area contributed by atoms with Gasteiger partial charge in [0.15, 0.2) is 0 Å². The zero-order chi connectivity index (χ0) is 9.14. The second kappa shape index (κ2) is 3.50. The van der Waals surface area contributed by atoms with Crippen LogP contribution < -0.4 is 5.73 Å². The highest BCUT2D eigenvalue weighted by Crippen LogP contribution is 2.16. The molecule has 0 radical (unpaired) electrons. The fourth-order valence-corrected chi connectivity index (χ4v) is 1.05. The van der Waals surface area contributed by atoms with Crippen LogP contribution in [-0.4, -0.2) is 0 Å². The molecule has 1 unspecified atom stereocenters. The molecule has 0 aliphatic carbocycles. The lowest BCUT2D eigenvalue weighted by molar-refractivity contribution is 0.602. The van der Waals surface area contributed by atoms with E-state index < -0.39 is 6.04 Å². The minimum Gasteiger partial charge on any atom is -0.321 e. The van der Waals surface area contributed by atoms with Gasteiger partial charge in [0.25, 0.3) is 0 Å². The summed E-state index contributed by atoms with van der Waals surface area (Å²) in [5.41, 5.74) is 7.11. The van der Waals surface area contributed by atoms with Crippen LogP contribution in [0, 0.1) is 12.7 Å². The normalized spacial score (nSPS) is 12.6. The summed E-state index contributed by atoms with van der Waals surface area (Å²) in [4.78, 5) is 0. The first-order valence-corrected chi connectivity index (χ1v) is 3.79. The van der Waals surface area contributed by atoms with E-state index in [-0.39, 0.29) is 5.82 Å². The molecule has 1 nitrogen and oxygen atoms in total. The molecule has 1 aromatic carbocycles. The van der Waals surface area contributed by atoms with Gasteiger partial charge in [-0.1, -0.05) is 23.8 Å². The highest BCUT2D eigenvalue weighted by Gasteiger charge is 2.07. The monoisotopic (exact) mass is 165 g/mol. The molecule has 0 bridgehead atoms. The highest BCUT2D eigenvalue weighted by atomic mass is 19.1. The van der Waals surface area contributed by atoms with Crippen LogP contribution in [0.1, 0.15) is 17.2 Å². The van der Waals surface area contributed by atoms with Crippen LogP contribution in [0.5, 0.6) is 0 Å². The summed E-state index contributed by atoms with van der Waals surface area (Å²) < 4.78 is 13.1. The van der Waals surface area contributed by atoms with Crippen LogP contribution >= 0.6 is 0 Å². The smallest absolute Gasteiger partial charge is 0.128 e. The minimum absolute atomic E-state index is 0.270. The maximum atomic E-state index is 13.1. The van der Waals surface area contributed by atoms with Crippen LogP contribution in [0.3, 0.4) is 0 Å². The Kier molecular flexibility index (Phi) is 2.61. The Morgan fingerprint density at radius 2 is 2.25 bits per heavy atom. The van der Waals surface area contributed by atoms with Crippen LogP contribution in [-0.2, 0) is 0 Å². The van der Waals surface area contributed by atoms with Crippen molar-refractivity contribution in [1.82, 2.24) is 0 Å². The van der Waals surface area contributed by atoms with Crippen molar-refractivity contribution in [1.29, 1.82) is 0 Å². The van der Waals surface area contributed by atoms with Crippen molar-refractivity contribution in [3.8, 4) is 0 Å². The number of halogens is 1. The molecule has 2 N–H and O–H groups in total. The molecule has 0 aliphatic heterocycles. The zero-order valence-corrected chi connectivity index (χ0v) is 7.05. The summed E-state index contributed by atoms with van der Waals surface area (Å²) in [6.45, 7) is 5.42. The number of nitrogens with two attached hydrogens (primary N) is 1. The molecule has 0 aromatic heterocycles. The summed E-state index contributed by atoms with van der Waals surface area (Å²) in [5, 5.41) is 0. The Morgan fingerprint density at radius 1 is 1.58 bits per heavy atom. The van der Waals surface area contributed by atoms with E-state index in [9.17, 15) is 4.39 Å². The molecule has 1 aromatic rings. The molecule has 64 valence electrons. The Labute approximate surface area is 71.7 Å². The van der Waals surface area contributed by atoms with Gasteiger partial charge in [-0.15, -0.1) is 6.58 Å². The minimum atomic E-state index is -0.412. The molecule has 1 rings (SSSR count). The quantitative estimate of drug-likeness (QED) is 0.669. The molecular formula is C10H12FN. The van der Waals surface area contributed by atoms with E-state index in [0.717, 1.165) is 5.56 Å². The number of hydrogen-bond donors (Lipinski definition) is 1. The largest absolute Gasteiger partial charge is 0.321 e. The van der Waals surface area contributed by atoms with E-state index in [0.29, 0.717) is 5.56 Å². The van der Waals surface area contributed by atoms with Gasteiger partial charge in [-0.2, -0.15) is 0 Å².